The van der Waals surface area contributed by atoms with E-state index >= 15 is 0 Å². The van der Waals surface area contributed by atoms with Crippen molar-refractivity contribution in [1.29, 1.82) is 0 Å². The first-order valence-electron chi connectivity index (χ1n) is 13.7. The lowest BCUT2D eigenvalue weighted by atomic mass is 9.71. The highest BCUT2D eigenvalue weighted by Gasteiger charge is 2.43. The second-order valence-electron chi connectivity index (χ2n) is 11.3. The van der Waals surface area contributed by atoms with Crippen molar-refractivity contribution in [2.45, 2.75) is 97.6 Å². The molecular formula is C31H41NO6S. The van der Waals surface area contributed by atoms with E-state index in [1.165, 1.54) is 11.3 Å². The molecule has 3 N–H and O–H groups in total. The van der Waals surface area contributed by atoms with E-state index in [1.54, 1.807) is 13.8 Å². The van der Waals surface area contributed by atoms with Crippen LogP contribution < -0.4 is 0 Å². The molecule has 0 saturated heterocycles. The topological polar surface area (TPSA) is 117 Å². The van der Waals surface area contributed by atoms with E-state index in [4.69, 9.17) is 11.2 Å². The van der Waals surface area contributed by atoms with Gasteiger partial charge >= 0.3 is 5.97 Å². The van der Waals surface area contributed by atoms with Crippen LogP contribution in [0.15, 0.2) is 29.8 Å². The Labute approximate surface area is 235 Å². The van der Waals surface area contributed by atoms with Gasteiger partial charge < -0.3 is 20.1 Å². The zero-order valence-electron chi connectivity index (χ0n) is 23.4. The van der Waals surface area contributed by atoms with Crippen LogP contribution in [0, 0.1) is 29.6 Å². The zero-order chi connectivity index (χ0) is 28.7. The maximum Gasteiger partial charge on any atom is 0.309 e. The molecule has 0 aliphatic carbocycles. The van der Waals surface area contributed by atoms with Crippen molar-refractivity contribution in [2.24, 2.45) is 17.3 Å². The lowest BCUT2D eigenvalue weighted by Gasteiger charge is -2.36. The Bertz CT molecular complexity index is 1230. The molecule has 2 aromatic rings. The first-order chi connectivity index (χ1) is 18.5. The fourth-order valence-corrected chi connectivity index (χ4v) is 5.96. The van der Waals surface area contributed by atoms with Crippen LogP contribution in [0.3, 0.4) is 0 Å². The van der Waals surface area contributed by atoms with Crippen LogP contribution in [0.1, 0.15) is 89.3 Å². The number of carbonyl (C=O) groups excluding carboxylic acids is 2. The number of ketones is 1. The minimum atomic E-state index is -1.30. The van der Waals surface area contributed by atoms with Crippen LogP contribution >= 0.6 is 11.3 Å². The SMILES string of the molecule is C#CCC[C@H]1C(=O)C(C)(C)[C@@H](O)CC(=O)O[C@H](c2ccc3sc(CO)nc3c2)C/C=C(/C)CCC[C@H](C)[C@@H]1O. The molecule has 7 nitrogen and oxygen atoms in total. The van der Waals surface area contributed by atoms with E-state index in [0.29, 0.717) is 24.3 Å². The number of thiazole rings is 1. The molecule has 0 spiro atoms. The molecule has 0 amide bonds. The zero-order valence-corrected chi connectivity index (χ0v) is 24.2. The van der Waals surface area contributed by atoms with Gasteiger partial charge in [-0.25, -0.2) is 4.98 Å². The Morgan fingerprint density at radius 2 is 2.00 bits per heavy atom. The van der Waals surface area contributed by atoms with Crippen molar-refractivity contribution in [3.63, 3.8) is 0 Å². The number of aliphatic hydroxyl groups is 3. The summed E-state index contributed by atoms with van der Waals surface area (Å²) in [5.41, 5.74) is 1.35. The summed E-state index contributed by atoms with van der Waals surface area (Å²) in [6.07, 6.45) is 7.87. The van der Waals surface area contributed by atoms with Crippen LogP contribution in [0.25, 0.3) is 10.2 Å². The number of rotatable bonds is 4. The summed E-state index contributed by atoms with van der Waals surface area (Å²) >= 11 is 1.41. The number of aromatic nitrogens is 1. The Kier molecular flexibility index (Phi) is 10.9. The highest BCUT2D eigenvalue weighted by Crippen LogP contribution is 2.35. The molecular weight excluding hydrogens is 514 g/mol. The van der Waals surface area contributed by atoms with Gasteiger partial charge in [-0.2, -0.15) is 0 Å². The predicted molar refractivity (Wildman–Crippen MR) is 153 cm³/mol. The van der Waals surface area contributed by atoms with Gasteiger partial charge in [0.25, 0.3) is 0 Å². The number of benzene rings is 1. The smallest absolute Gasteiger partial charge is 0.309 e. The van der Waals surface area contributed by atoms with Crippen LogP contribution in [-0.4, -0.2) is 44.3 Å². The monoisotopic (exact) mass is 555 g/mol. The van der Waals surface area contributed by atoms with Crippen LogP contribution in [-0.2, 0) is 20.9 Å². The van der Waals surface area contributed by atoms with Crippen molar-refractivity contribution in [3.05, 3.63) is 40.4 Å². The molecule has 0 saturated carbocycles. The minimum absolute atomic E-state index is 0.128. The molecule has 1 aliphatic heterocycles. The molecule has 3 rings (SSSR count). The number of terminal acetylenes is 1. The number of aliphatic hydroxyl groups excluding tert-OH is 3. The molecule has 1 aromatic carbocycles. The Morgan fingerprint density at radius 1 is 1.26 bits per heavy atom. The largest absolute Gasteiger partial charge is 0.457 e. The molecule has 0 fully saturated rings. The maximum absolute atomic E-state index is 13.7. The quantitative estimate of drug-likeness (QED) is 0.267. The lowest BCUT2D eigenvalue weighted by molar-refractivity contribution is -0.156. The lowest BCUT2D eigenvalue weighted by Crippen LogP contribution is -2.46. The fraction of sp³-hybridized carbons (Fsp3) is 0.581. The third kappa shape index (κ3) is 7.76. The van der Waals surface area contributed by atoms with Gasteiger partial charge in [-0.05, 0) is 56.2 Å². The maximum atomic E-state index is 13.7. The summed E-state index contributed by atoms with van der Waals surface area (Å²) in [6, 6.07) is 5.67. The van der Waals surface area contributed by atoms with Gasteiger partial charge in [0.2, 0.25) is 0 Å². The van der Waals surface area contributed by atoms with Gasteiger partial charge in [-0.1, -0.05) is 38.5 Å². The average Bonchev–Trinajstić information content (AvgIpc) is 3.32. The van der Waals surface area contributed by atoms with Gasteiger partial charge in [0.15, 0.2) is 0 Å². The summed E-state index contributed by atoms with van der Waals surface area (Å²) < 4.78 is 6.82. The van der Waals surface area contributed by atoms with Gasteiger partial charge in [0.1, 0.15) is 16.9 Å². The third-order valence-electron chi connectivity index (χ3n) is 7.91. The number of nitrogens with zero attached hydrogens (tertiary/aromatic N) is 1. The average molecular weight is 556 g/mol. The molecule has 1 aliphatic rings. The summed E-state index contributed by atoms with van der Waals surface area (Å²) in [5, 5.41) is 32.3. The molecule has 5 atom stereocenters. The van der Waals surface area contributed by atoms with Crippen molar-refractivity contribution >= 4 is 33.3 Å². The number of allylic oxidation sites excluding steroid dienone is 1. The second kappa shape index (κ2) is 13.7. The Balaban J connectivity index is 1.93. The summed E-state index contributed by atoms with van der Waals surface area (Å²) in [6.45, 7) is 7.05. The van der Waals surface area contributed by atoms with Gasteiger partial charge in [0, 0.05) is 18.8 Å². The van der Waals surface area contributed by atoms with E-state index in [1.807, 2.05) is 32.0 Å². The molecule has 0 unspecified atom stereocenters. The number of fused-ring (bicyclic) bond motifs is 1. The highest BCUT2D eigenvalue weighted by molar-refractivity contribution is 7.18. The Morgan fingerprint density at radius 3 is 2.69 bits per heavy atom. The van der Waals surface area contributed by atoms with Gasteiger partial charge in [-0.3, -0.25) is 9.59 Å². The van der Waals surface area contributed by atoms with Crippen LogP contribution in [0.2, 0.25) is 0 Å². The first-order valence-corrected chi connectivity index (χ1v) is 14.5. The number of esters is 1. The van der Waals surface area contributed by atoms with Crippen molar-refractivity contribution in [2.75, 3.05) is 0 Å². The van der Waals surface area contributed by atoms with Gasteiger partial charge in [-0.15, -0.1) is 23.7 Å². The molecule has 2 heterocycles. The number of carbonyl (C=O) groups is 2. The molecule has 0 radical (unpaired) electrons. The van der Waals surface area contributed by atoms with Crippen molar-refractivity contribution in [1.82, 2.24) is 4.98 Å². The summed E-state index contributed by atoms with van der Waals surface area (Å²) in [7, 11) is 0. The predicted octanol–water partition coefficient (Wildman–Crippen LogP) is 5.27. The summed E-state index contributed by atoms with van der Waals surface area (Å²) in [4.78, 5) is 31.2. The molecule has 8 heteroatoms. The van der Waals surface area contributed by atoms with Crippen molar-refractivity contribution in [3.8, 4) is 12.3 Å². The number of cyclic esters (lactones) is 1. The van der Waals surface area contributed by atoms with Crippen LogP contribution in [0.4, 0.5) is 0 Å². The molecule has 39 heavy (non-hydrogen) atoms. The number of hydrogen-bond donors (Lipinski definition) is 3. The molecule has 0 bridgehead atoms. The van der Waals surface area contributed by atoms with Gasteiger partial charge in [0.05, 0.1) is 40.9 Å². The summed E-state index contributed by atoms with van der Waals surface area (Å²) in [5.74, 6) is 0.777. The highest BCUT2D eigenvalue weighted by atomic mass is 32.1. The van der Waals surface area contributed by atoms with Crippen LogP contribution in [0.5, 0.6) is 0 Å². The standard InChI is InChI=1S/C31H41NO6S/c1-6-7-11-22-29(36)20(3)10-8-9-19(2)12-14-24(38-28(35)17-26(34)31(4,5)30(22)37)21-13-15-25-23(16-21)32-27(18-33)39-25/h1,12-13,15-16,20,22,24,26,29,33-34,36H,7-11,14,17-18H2,2-5H3/b19-12-/t20-,22+,24-,26-,29-/m0/s1. The Hall–Kier alpha value is -2.57. The minimum Gasteiger partial charge on any atom is -0.457 e. The number of ether oxygens (including phenoxy) is 1. The fourth-order valence-electron chi connectivity index (χ4n) is 5.15. The van der Waals surface area contributed by atoms with E-state index < -0.39 is 35.6 Å². The number of Topliss-reactive ketones (excluding diaryl/α,β-unsaturated/α-hetero) is 1. The van der Waals surface area contributed by atoms with Crippen molar-refractivity contribution < 1.29 is 29.6 Å². The normalized spacial score (nSPS) is 28.9. The van der Waals surface area contributed by atoms with E-state index in [0.717, 1.165) is 40.6 Å². The molecule has 212 valence electrons. The number of hydrogen-bond acceptors (Lipinski definition) is 8. The third-order valence-corrected chi connectivity index (χ3v) is 8.93. The van der Waals surface area contributed by atoms with E-state index in [9.17, 15) is 24.9 Å². The first kappa shape index (κ1) is 31.0. The second-order valence-corrected chi connectivity index (χ2v) is 12.4. The van der Waals surface area contributed by atoms with E-state index in [2.05, 4.69) is 17.0 Å². The van der Waals surface area contributed by atoms with E-state index in [-0.39, 0.29) is 24.7 Å². The molecule has 1 aromatic heterocycles.